The molecule has 0 amide bonds. The Morgan fingerprint density at radius 2 is 1.00 bits per heavy atom. The van der Waals surface area contributed by atoms with Gasteiger partial charge in [-0.05, 0) is 143 Å². The van der Waals surface area contributed by atoms with E-state index in [9.17, 15) is 0 Å². The monoisotopic (exact) mass is 788 g/mol. The molecule has 0 fully saturated rings. The number of hydrogen-bond donors (Lipinski definition) is 0. The largest absolute Gasteiger partial charge is 0.292 e. The first kappa shape index (κ1) is 35.8. The van der Waals surface area contributed by atoms with E-state index in [2.05, 4.69) is 236 Å². The van der Waals surface area contributed by atoms with Crippen molar-refractivity contribution in [1.29, 1.82) is 0 Å². The maximum Gasteiger partial charge on any atom is 0.146 e. The number of imidazole rings is 1. The van der Waals surface area contributed by atoms with E-state index in [-0.39, 0.29) is 0 Å². The van der Waals surface area contributed by atoms with Crippen molar-refractivity contribution in [3.63, 3.8) is 0 Å². The maximum atomic E-state index is 5.12. The summed E-state index contributed by atoms with van der Waals surface area (Å²) in [4.78, 5) is 5.12. The van der Waals surface area contributed by atoms with Crippen molar-refractivity contribution in [2.45, 2.75) is 6.92 Å². The van der Waals surface area contributed by atoms with Crippen LogP contribution in [0.25, 0.3) is 116 Å². The standard InChI is InChI=1S/C60H40N2/c1-2-14-46(35-39-15-4-3-5-16-39)59-50-21-9-8-20-49(50)58(47-30-29-40-17-6-7-18-43(40)36-47)51-33-31-45(38-54(51)59)42-27-25-41(26-28-42)44-32-34-52-53(37-44)48-19-10-12-23-56(48)62-57-24-13-11-22-55(57)61-60(52)62/h2-38H,1H3/b14-2-,46-35+. The van der Waals surface area contributed by atoms with Gasteiger partial charge >= 0.3 is 0 Å². The molecule has 0 atom stereocenters. The van der Waals surface area contributed by atoms with Crippen molar-refractivity contribution in [3.05, 3.63) is 230 Å². The lowest BCUT2D eigenvalue weighted by molar-refractivity contribution is 1.31. The first-order valence-electron chi connectivity index (χ1n) is 21.4. The molecule has 0 bridgehead atoms. The Balaban J connectivity index is 1.03. The van der Waals surface area contributed by atoms with Crippen molar-refractivity contribution < 1.29 is 0 Å². The Bertz CT molecular complexity index is 3790. The molecule has 0 aliphatic heterocycles. The average molecular weight is 789 g/mol. The molecule has 2 heteroatoms. The van der Waals surface area contributed by atoms with Gasteiger partial charge in [0.25, 0.3) is 0 Å². The predicted molar refractivity (Wildman–Crippen MR) is 266 cm³/mol. The fraction of sp³-hybridized carbons (Fsp3) is 0.0167. The van der Waals surface area contributed by atoms with Crippen LogP contribution in [0, 0.1) is 0 Å². The quantitative estimate of drug-likeness (QED) is 0.0710. The second kappa shape index (κ2) is 14.6. The Labute approximate surface area is 360 Å². The summed E-state index contributed by atoms with van der Waals surface area (Å²) in [5, 5.41) is 11.0. The van der Waals surface area contributed by atoms with E-state index >= 15 is 0 Å². The minimum atomic E-state index is 0.991. The molecule has 0 unspecified atom stereocenters. The third kappa shape index (κ3) is 5.84. The van der Waals surface area contributed by atoms with E-state index in [1.165, 1.54) is 98.7 Å². The summed E-state index contributed by atoms with van der Waals surface area (Å²) in [5.41, 5.74) is 15.1. The lowest BCUT2D eigenvalue weighted by Gasteiger charge is -2.20. The van der Waals surface area contributed by atoms with Crippen LogP contribution in [0.15, 0.2) is 218 Å². The van der Waals surface area contributed by atoms with Gasteiger partial charge in [0.15, 0.2) is 0 Å². The summed E-state index contributed by atoms with van der Waals surface area (Å²) >= 11 is 0. The summed E-state index contributed by atoms with van der Waals surface area (Å²) in [7, 11) is 0. The molecule has 2 aromatic heterocycles. The zero-order valence-electron chi connectivity index (χ0n) is 34.3. The van der Waals surface area contributed by atoms with Gasteiger partial charge in [0, 0.05) is 10.8 Å². The number of para-hydroxylation sites is 3. The van der Waals surface area contributed by atoms with Crippen molar-refractivity contribution in [2.24, 2.45) is 0 Å². The summed E-state index contributed by atoms with van der Waals surface area (Å²) in [6.45, 7) is 2.11. The van der Waals surface area contributed by atoms with E-state index in [1.807, 2.05) is 0 Å². The molecule has 0 aliphatic rings. The molecule has 12 rings (SSSR count). The zero-order chi connectivity index (χ0) is 41.1. The lowest BCUT2D eigenvalue weighted by atomic mass is 9.84. The van der Waals surface area contributed by atoms with Crippen LogP contribution in [0.4, 0.5) is 0 Å². The Hall–Kier alpha value is -8.07. The summed E-state index contributed by atoms with van der Waals surface area (Å²) < 4.78 is 2.31. The average Bonchev–Trinajstić information content (AvgIpc) is 3.73. The van der Waals surface area contributed by atoms with Gasteiger partial charge in [0.05, 0.1) is 16.6 Å². The van der Waals surface area contributed by atoms with Crippen molar-refractivity contribution >= 4 is 82.3 Å². The molecular weight excluding hydrogens is 749 g/mol. The summed E-state index contributed by atoms with van der Waals surface area (Å²) in [6.07, 6.45) is 6.74. The van der Waals surface area contributed by atoms with Gasteiger partial charge in [-0.3, -0.25) is 4.40 Å². The second-order valence-electron chi connectivity index (χ2n) is 16.2. The van der Waals surface area contributed by atoms with Crippen LogP contribution < -0.4 is 0 Å². The fourth-order valence-electron chi connectivity index (χ4n) is 9.78. The molecule has 0 saturated heterocycles. The molecule has 0 saturated carbocycles. The number of allylic oxidation sites excluding steroid dienone is 3. The molecular formula is C60H40N2. The number of rotatable bonds is 6. The first-order chi connectivity index (χ1) is 30.7. The van der Waals surface area contributed by atoms with Crippen molar-refractivity contribution in [1.82, 2.24) is 9.38 Å². The second-order valence-corrected chi connectivity index (χ2v) is 16.2. The molecule has 0 radical (unpaired) electrons. The van der Waals surface area contributed by atoms with E-state index in [1.54, 1.807) is 0 Å². The molecule has 0 aliphatic carbocycles. The smallest absolute Gasteiger partial charge is 0.146 e. The first-order valence-corrected chi connectivity index (χ1v) is 21.4. The molecule has 290 valence electrons. The summed E-state index contributed by atoms with van der Waals surface area (Å²) in [6, 6.07) is 75.3. The number of fused-ring (bicyclic) bond motifs is 11. The third-order valence-corrected chi connectivity index (χ3v) is 12.6. The highest BCUT2D eigenvalue weighted by atomic mass is 15.0. The van der Waals surface area contributed by atoms with Gasteiger partial charge in [-0.1, -0.05) is 176 Å². The minimum absolute atomic E-state index is 0.991. The molecule has 0 spiro atoms. The zero-order valence-corrected chi connectivity index (χ0v) is 34.3. The highest BCUT2D eigenvalue weighted by molar-refractivity contribution is 6.21. The van der Waals surface area contributed by atoms with Gasteiger partial charge in [0.2, 0.25) is 0 Å². The third-order valence-electron chi connectivity index (χ3n) is 12.6. The van der Waals surface area contributed by atoms with Crippen LogP contribution in [0.2, 0.25) is 0 Å². The van der Waals surface area contributed by atoms with Crippen LogP contribution in [-0.4, -0.2) is 9.38 Å². The Morgan fingerprint density at radius 1 is 0.419 bits per heavy atom. The fourth-order valence-corrected chi connectivity index (χ4v) is 9.78. The molecule has 10 aromatic carbocycles. The van der Waals surface area contributed by atoms with E-state index in [4.69, 9.17) is 4.98 Å². The van der Waals surface area contributed by atoms with Crippen LogP contribution in [0.1, 0.15) is 18.1 Å². The molecule has 62 heavy (non-hydrogen) atoms. The molecule has 12 aromatic rings. The highest BCUT2D eigenvalue weighted by Gasteiger charge is 2.19. The minimum Gasteiger partial charge on any atom is -0.292 e. The highest BCUT2D eigenvalue weighted by Crippen LogP contribution is 2.45. The topological polar surface area (TPSA) is 17.3 Å². The van der Waals surface area contributed by atoms with Gasteiger partial charge in [-0.15, -0.1) is 0 Å². The number of pyridine rings is 1. The van der Waals surface area contributed by atoms with E-state index in [0.29, 0.717) is 0 Å². The number of aromatic nitrogens is 2. The van der Waals surface area contributed by atoms with Crippen LogP contribution in [-0.2, 0) is 0 Å². The molecule has 2 heterocycles. The molecule has 2 nitrogen and oxygen atoms in total. The SMILES string of the molecule is C/C=C\C(=C/c1ccccc1)c1c2ccccc2c(-c2ccc3ccccc3c2)c2ccc(-c3ccc(-c4ccc5c(c4)c4ccccc4n4c6ccccc6nc54)cc3)cc12. The van der Waals surface area contributed by atoms with Crippen LogP contribution in [0.5, 0.6) is 0 Å². The normalized spacial score (nSPS) is 12.3. The van der Waals surface area contributed by atoms with Crippen LogP contribution in [0.3, 0.4) is 0 Å². The van der Waals surface area contributed by atoms with Gasteiger partial charge in [-0.25, -0.2) is 4.98 Å². The maximum absolute atomic E-state index is 5.12. The number of hydrogen-bond acceptors (Lipinski definition) is 1. The van der Waals surface area contributed by atoms with Gasteiger partial charge < -0.3 is 0 Å². The van der Waals surface area contributed by atoms with Gasteiger partial charge in [-0.2, -0.15) is 0 Å². The number of nitrogens with zero attached hydrogens (tertiary/aromatic N) is 2. The van der Waals surface area contributed by atoms with Crippen LogP contribution >= 0.6 is 0 Å². The number of benzene rings is 10. The van der Waals surface area contributed by atoms with Crippen molar-refractivity contribution in [3.8, 4) is 33.4 Å². The van der Waals surface area contributed by atoms with Gasteiger partial charge in [0.1, 0.15) is 5.65 Å². The van der Waals surface area contributed by atoms with E-state index in [0.717, 1.165) is 22.1 Å². The van der Waals surface area contributed by atoms with Crippen molar-refractivity contribution in [2.75, 3.05) is 0 Å². The predicted octanol–water partition coefficient (Wildman–Crippen LogP) is 16.4. The Morgan fingerprint density at radius 3 is 1.77 bits per heavy atom. The Kier molecular flexibility index (Phi) is 8.43. The lowest BCUT2D eigenvalue weighted by Crippen LogP contribution is -1.94. The summed E-state index contributed by atoms with van der Waals surface area (Å²) in [5.74, 6) is 0. The van der Waals surface area contributed by atoms with E-state index < -0.39 is 0 Å². The molecule has 0 N–H and O–H groups in total.